The fraction of sp³-hybridized carbons (Fsp3) is 0.462. The summed E-state index contributed by atoms with van der Waals surface area (Å²) in [5, 5.41) is 0. The first-order valence-corrected chi connectivity index (χ1v) is 7.12. The number of halogens is 1. The van der Waals surface area contributed by atoms with Crippen LogP contribution >= 0.6 is 28.1 Å². The molecule has 1 aromatic carbocycles. The van der Waals surface area contributed by atoms with E-state index >= 15 is 0 Å². The Balaban J connectivity index is 2.21. The van der Waals surface area contributed by atoms with Gasteiger partial charge >= 0.3 is 0 Å². The Morgan fingerprint density at radius 3 is 2.59 bits per heavy atom. The number of hydrogen-bond donors (Lipinski definition) is 1. The third kappa shape index (κ3) is 2.80. The minimum absolute atomic E-state index is 0.437. The number of benzene rings is 1. The SMILES string of the molecule is CN(c1ccc(C(N)=S)c(Br)c1)C1CCCC1. The third-order valence-corrected chi connectivity index (χ3v) is 4.37. The summed E-state index contributed by atoms with van der Waals surface area (Å²) in [6.07, 6.45) is 5.29. The number of nitrogens with zero attached hydrogens (tertiary/aromatic N) is 1. The van der Waals surface area contributed by atoms with Crippen molar-refractivity contribution in [2.24, 2.45) is 5.73 Å². The van der Waals surface area contributed by atoms with Crippen LogP contribution < -0.4 is 10.6 Å². The summed E-state index contributed by atoms with van der Waals surface area (Å²) in [4.78, 5) is 2.80. The fourth-order valence-electron chi connectivity index (χ4n) is 2.43. The first-order valence-electron chi connectivity index (χ1n) is 5.92. The number of hydrogen-bond acceptors (Lipinski definition) is 2. The summed E-state index contributed by atoms with van der Waals surface area (Å²) in [5.74, 6) is 0. The van der Waals surface area contributed by atoms with Crippen LogP contribution in [0.5, 0.6) is 0 Å². The average Bonchev–Trinajstić information content (AvgIpc) is 2.80. The molecule has 0 bridgehead atoms. The maximum absolute atomic E-state index is 5.65. The molecule has 0 heterocycles. The molecule has 1 aliphatic rings. The van der Waals surface area contributed by atoms with Gasteiger partial charge in [-0.2, -0.15) is 0 Å². The molecule has 0 aliphatic heterocycles. The Morgan fingerprint density at radius 1 is 1.41 bits per heavy atom. The first-order chi connectivity index (χ1) is 8.09. The summed E-state index contributed by atoms with van der Waals surface area (Å²) >= 11 is 8.53. The Labute approximate surface area is 116 Å². The molecule has 2 N–H and O–H groups in total. The van der Waals surface area contributed by atoms with Crippen LogP contribution in [0.3, 0.4) is 0 Å². The van der Waals surface area contributed by atoms with E-state index in [-0.39, 0.29) is 0 Å². The van der Waals surface area contributed by atoms with Crippen LogP contribution in [-0.4, -0.2) is 18.1 Å². The normalized spacial score (nSPS) is 16.1. The van der Waals surface area contributed by atoms with Gasteiger partial charge in [0, 0.05) is 28.8 Å². The Morgan fingerprint density at radius 2 is 2.06 bits per heavy atom. The van der Waals surface area contributed by atoms with Gasteiger partial charge < -0.3 is 10.6 Å². The van der Waals surface area contributed by atoms with Gasteiger partial charge in [-0.1, -0.05) is 25.1 Å². The minimum Gasteiger partial charge on any atom is -0.389 e. The van der Waals surface area contributed by atoms with Crippen molar-refractivity contribution in [3.63, 3.8) is 0 Å². The Kier molecular flexibility index (Phi) is 4.05. The monoisotopic (exact) mass is 312 g/mol. The average molecular weight is 313 g/mol. The topological polar surface area (TPSA) is 29.3 Å². The zero-order valence-corrected chi connectivity index (χ0v) is 12.4. The maximum Gasteiger partial charge on any atom is 0.105 e. The minimum atomic E-state index is 0.437. The molecule has 2 nitrogen and oxygen atoms in total. The summed E-state index contributed by atoms with van der Waals surface area (Å²) in [7, 11) is 2.16. The largest absolute Gasteiger partial charge is 0.389 e. The molecule has 92 valence electrons. The molecule has 1 aromatic rings. The van der Waals surface area contributed by atoms with Crippen molar-refractivity contribution in [1.29, 1.82) is 0 Å². The number of nitrogens with two attached hydrogens (primary N) is 1. The van der Waals surface area contributed by atoms with Crippen LogP contribution in [0.2, 0.25) is 0 Å². The predicted molar refractivity (Wildman–Crippen MR) is 80.7 cm³/mol. The molecule has 0 amide bonds. The van der Waals surface area contributed by atoms with Gasteiger partial charge in [0.25, 0.3) is 0 Å². The molecule has 0 atom stereocenters. The van der Waals surface area contributed by atoms with Crippen molar-refractivity contribution in [3.8, 4) is 0 Å². The van der Waals surface area contributed by atoms with Crippen LogP contribution in [-0.2, 0) is 0 Å². The molecular weight excluding hydrogens is 296 g/mol. The van der Waals surface area contributed by atoms with E-state index in [4.69, 9.17) is 18.0 Å². The van der Waals surface area contributed by atoms with Gasteiger partial charge in [-0.15, -0.1) is 0 Å². The molecule has 1 saturated carbocycles. The van der Waals surface area contributed by atoms with E-state index in [9.17, 15) is 0 Å². The molecule has 0 saturated heterocycles. The summed E-state index contributed by atoms with van der Waals surface area (Å²) in [6, 6.07) is 6.87. The van der Waals surface area contributed by atoms with Crippen LogP contribution in [0.4, 0.5) is 5.69 Å². The second-order valence-corrected chi connectivity index (χ2v) is 5.87. The van der Waals surface area contributed by atoms with E-state index < -0.39 is 0 Å². The highest BCUT2D eigenvalue weighted by atomic mass is 79.9. The molecule has 4 heteroatoms. The molecule has 0 unspecified atom stereocenters. The lowest BCUT2D eigenvalue weighted by Gasteiger charge is -2.27. The van der Waals surface area contributed by atoms with Crippen LogP contribution in [0.25, 0.3) is 0 Å². The highest BCUT2D eigenvalue weighted by Crippen LogP contribution is 2.29. The van der Waals surface area contributed by atoms with Gasteiger partial charge in [-0.05, 0) is 47.0 Å². The zero-order valence-electron chi connectivity index (χ0n) is 9.95. The predicted octanol–water partition coefficient (Wildman–Crippen LogP) is 3.46. The molecular formula is C13H17BrN2S. The molecule has 0 radical (unpaired) electrons. The van der Waals surface area contributed by atoms with Gasteiger partial charge in [0.2, 0.25) is 0 Å². The standard InChI is InChI=1S/C13H17BrN2S/c1-16(9-4-2-3-5-9)10-6-7-11(13(15)17)12(14)8-10/h6-9H,2-5H2,1H3,(H2,15,17). The maximum atomic E-state index is 5.65. The zero-order chi connectivity index (χ0) is 12.4. The molecule has 17 heavy (non-hydrogen) atoms. The third-order valence-electron chi connectivity index (χ3n) is 3.50. The van der Waals surface area contributed by atoms with Crippen molar-refractivity contribution in [2.45, 2.75) is 31.7 Å². The molecule has 1 fully saturated rings. The van der Waals surface area contributed by atoms with E-state index in [1.165, 1.54) is 31.4 Å². The Hall–Kier alpha value is -0.610. The van der Waals surface area contributed by atoms with Crippen molar-refractivity contribution in [1.82, 2.24) is 0 Å². The Bertz CT molecular complexity index is 427. The number of anilines is 1. The van der Waals surface area contributed by atoms with E-state index in [1.54, 1.807) is 0 Å². The summed E-state index contributed by atoms with van der Waals surface area (Å²) in [6.45, 7) is 0. The van der Waals surface area contributed by atoms with E-state index in [1.807, 2.05) is 6.07 Å². The van der Waals surface area contributed by atoms with Crippen LogP contribution in [0.15, 0.2) is 22.7 Å². The molecule has 1 aliphatic carbocycles. The van der Waals surface area contributed by atoms with Crippen molar-refractivity contribution < 1.29 is 0 Å². The van der Waals surface area contributed by atoms with Gasteiger partial charge in [0.05, 0.1) is 0 Å². The van der Waals surface area contributed by atoms with Crippen molar-refractivity contribution in [2.75, 3.05) is 11.9 Å². The van der Waals surface area contributed by atoms with E-state index in [0.29, 0.717) is 11.0 Å². The fourth-order valence-corrected chi connectivity index (χ4v) is 3.32. The van der Waals surface area contributed by atoms with Gasteiger partial charge in [-0.3, -0.25) is 0 Å². The highest BCUT2D eigenvalue weighted by molar-refractivity contribution is 9.10. The second-order valence-electron chi connectivity index (χ2n) is 4.58. The van der Waals surface area contributed by atoms with E-state index in [0.717, 1.165) is 10.0 Å². The first kappa shape index (κ1) is 12.8. The molecule has 0 spiro atoms. The lowest BCUT2D eigenvalue weighted by atomic mass is 10.1. The van der Waals surface area contributed by atoms with Crippen LogP contribution in [0, 0.1) is 0 Å². The van der Waals surface area contributed by atoms with Gasteiger partial charge in [0.1, 0.15) is 4.99 Å². The van der Waals surface area contributed by atoms with E-state index in [2.05, 4.69) is 40.0 Å². The van der Waals surface area contributed by atoms with Gasteiger partial charge in [0.15, 0.2) is 0 Å². The van der Waals surface area contributed by atoms with Crippen LogP contribution in [0.1, 0.15) is 31.2 Å². The number of rotatable bonds is 3. The van der Waals surface area contributed by atoms with Crippen molar-refractivity contribution >= 4 is 38.8 Å². The van der Waals surface area contributed by atoms with Gasteiger partial charge in [-0.25, -0.2) is 0 Å². The van der Waals surface area contributed by atoms with Crippen molar-refractivity contribution in [3.05, 3.63) is 28.2 Å². The number of thiocarbonyl (C=S) groups is 1. The second kappa shape index (κ2) is 5.36. The quantitative estimate of drug-likeness (QED) is 0.867. The summed E-state index contributed by atoms with van der Waals surface area (Å²) in [5.41, 5.74) is 7.78. The summed E-state index contributed by atoms with van der Waals surface area (Å²) < 4.78 is 0.979. The molecule has 0 aromatic heterocycles. The lowest BCUT2D eigenvalue weighted by Crippen LogP contribution is -2.28. The lowest BCUT2D eigenvalue weighted by molar-refractivity contribution is 0.653. The highest BCUT2D eigenvalue weighted by Gasteiger charge is 2.20. The molecule has 2 rings (SSSR count). The smallest absolute Gasteiger partial charge is 0.105 e.